The number of hydrogen-bond acceptors (Lipinski definition) is 5. The summed E-state index contributed by atoms with van der Waals surface area (Å²) < 4.78 is 6.03. The minimum absolute atomic E-state index is 0.123. The van der Waals surface area contributed by atoms with Gasteiger partial charge in [0, 0.05) is 11.5 Å². The summed E-state index contributed by atoms with van der Waals surface area (Å²) in [6.45, 7) is 0. The van der Waals surface area contributed by atoms with Gasteiger partial charge in [0.15, 0.2) is 0 Å². The predicted octanol–water partition coefficient (Wildman–Crippen LogP) is 4.80. The molecule has 4 aromatic carbocycles. The molecular formula is C27H24N2O4. The molecule has 1 amide bonds. The summed E-state index contributed by atoms with van der Waals surface area (Å²) in [5.74, 6) is 0.261. The second-order valence-electron chi connectivity index (χ2n) is 7.50. The van der Waals surface area contributed by atoms with Crippen molar-refractivity contribution in [1.82, 2.24) is 0 Å². The van der Waals surface area contributed by atoms with Gasteiger partial charge in [-0.1, -0.05) is 60.7 Å². The smallest absolute Gasteiger partial charge is 0.248 e. The lowest BCUT2D eigenvalue weighted by molar-refractivity contribution is -0.112. The number of hydrogen-bond donors (Lipinski definition) is 4. The molecule has 6 nitrogen and oxygen atoms in total. The molecule has 4 aromatic rings. The largest absolute Gasteiger partial charge is 0.507 e. The monoisotopic (exact) mass is 440 g/mol. The number of phenols is 1. The molecule has 4 rings (SSSR count). The topological polar surface area (TPSA) is 105 Å². The molecule has 0 aliphatic heterocycles. The quantitative estimate of drug-likeness (QED) is 0.244. The van der Waals surface area contributed by atoms with E-state index in [0.717, 1.165) is 0 Å². The van der Waals surface area contributed by atoms with Gasteiger partial charge in [0.1, 0.15) is 23.7 Å². The van der Waals surface area contributed by atoms with Crippen molar-refractivity contribution in [3.8, 4) is 11.5 Å². The number of nitrogens with one attached hydrogen (secondary N) is 1. The van der Waals surface area contributed by atoms with Crippen LogP contribution in [-0.2, 0) is 4.79 Å². The van der Waals surface area contributed by atoms with Crippen molar-refractivity contribution in [3.05, 3.63) is 109 Å². The fourth-order valence-corrected chi connectivity index (χ4v) is 3.57. The van der Waals surface area contributed by atoms with Crippen LogP contribution in [0.25, 0.3) is 10.8 Å². The molecule has 0 bridgehead atoms. The molecule has 0 saturated heterocycles. The van der Waals surface area contributed by atoms with Gasteiger partial charge in [-0.05, 0) is 47.4 Å². The van der Waals surface area contributed by atoms with E-state index in [2.05, 4.69) is 5.32 Å². The zero-order chi connectivity index (χ0) is 23.2. The number of anilines is 2. The highest BCUT2D eigenvalue weighted by atomic mass is 16.5. The summed E-state index contributed by atoms with van der Waals surface area (Å²) in [6, 6.07) is 26.4. The zero-order valence-corrected chi connectivity index (χ0v) is 17.8. The Morgan fingerprint density at radius 1 is 0.879 bits per heavy atom. The second-order valence-corrected chi connectivity index (χ2v) is 7.50. The van der Waals surface area contributed by atoms with Gasteiger partial charge in [-0.25, -0.2) is 0 Å². The summed E-state index contributed by atoms with van der Waals surface area (Å²) in [7, 11) is 0. The number of carbonyl (C=O) groups excluding carboxylic acids is 1. The number of phenolic OH excluding ortho intramolecular Hbond substituents is 1. The zero-order valence-electron chi connectivity index (χ0n) is 17.8. The number of nitrogens with two attached hydrogens (primary N) is 1. The number of ether oxygens (including phenoxy) is 1. The number of rotatable bonds is 7. The number of carbonyl (C=O) groups is 1. The first-order chi connectivity index (χ1) is 16.0. The Balaban J connectivity index is 1.64. The minimum atomic E-state index is -1.11. The molecule has 0 heterocycles. The molecular weight excluding hydrogens is 416 g/mol. The van der Waals surface area contributed by atoms with Crippen LogP contribution in [0.15, 0.2) is 103 Å². The third-order valence-corrected chi connectivity index (χ3v) is 5.24. The minimum Gasteiger partial charge on any atom is -0.507 e. The van der Waals surface area contributed by atoms with Crippen molar-refractivity contribution in [2.24, 2.45) is 0 Å². The third-order valence-electron chi connectivity index (χ3n) is 5.24. The lowest BCUT2D eigenvalue weighted by Gasteiger charge is -2.23. The molecule has 0 saturated carbocycles. The van der Waals surface area contributed by atoms with Gasteiger partial charge in [-0.2, -0.15) is 0 Å². The number of aliphatic hydroxyl groups excluding tert-OH is 1. The normalized spacial score (nSPS) is 13.0. The summed E-state index contributed by atoms with van der Waals surface area (Å²) >= 11 is 0. The van der Waals surface area contributed by atoms with Crippen LogP contribution in [0.2, 0.25) is 0 Å². The maximum Gasteiger partial charge on any atom is 0.248 e. The van der Waals surface area contributed by atoms with Crippen LogP contribution >= 0.6 is 0 Å². The van der Waals surface area contributed by atoms with Crippen LogP contribution in [0, 0.1) is 0 Å². The van der Waals surface area contributed by atoms with Crippen molar-refractivity contribution in [2.75, 3.05) is 11.1 Å². The molecule has 6 heteroatoms. The Kier molecular flexibility index (Phi) is 6.57. The SMILES string of the molecule is Nc1ccccc1NC(=O)/C=C/[C@H](Oc1ccccc1)[C@@H](O)c1ccc(O)c2ccccc12. The highest BCUT2D eigenvalue weighted by Gasteiger charge is 2.23. The fraction of sp³-hybridized carbons (Fsp3) is 0.0741. The standard InChI is InChI=1S/C27H24N2O4/c28-22-12-6-7-13-23(22)29-26(31)17-16-25(33-18-8-2-1-3-9-18)27(32)21-14-15-24(30)20-11-5-4-10-19(20)21/h1-17,25,27,30,32H,28H2,(H,29,31)/b17-16+/t25-,27-/m0/s1. The number of aliphatic hydroxyl groups is 1. The number of aromatic hydroxyl groups is 1. The van der Waals surface area contributed by atoms with Crippen molar-refractivity contribution in [2.45, 2.75) is 12.2 Å². The average Bonchev–Trinajstić information content (AvgIpc) is 2.84. The van der Waals surface area contributed by atoms with Gasteiger partial charge in [0.05, 0.1) is 11.4 Å². The van der Waals surface area contributed by atoms with E-state index in [0.29, 0.717) is 33.5 Å². The van der Waals surface area contributed by atoms with Gasteiger partial charge in [0.2, 0.25) is 5.91 Å². The van der Waals surface area contributed by atoms with Crippen LogP contribution in [0.4, 0.5) is 11.4 Å². The van der Waals surface area contributed by atoms with E-state index < -0.39 is 18.1 Å². The molecule has 0 radical (unpaired) electrons. The number of nitrogen functional groups attached to an aromatic ring is 1. The highest BCUT2D eigenvalue weighted by molar-refractivity contribution is 6.01. The lowest BCUT2D eigenvalue weighted by Crippen LogP contribution is -2.24. The van der Waals surface area contributed by atoms with Gasteiger partial charge >= 0.3 is 0 Å². The number of para-hydroxylation sites is 3. The fourth-order valence-electron chi connectivity index (χ4n) is 3.57. The van der Waals surface area contributed by atoms with E-state index in [-0.39, 0.29) is 5.75 Å². The highest BCUT2D eigenvalue weighted by Crippen LogP contribution is 2.33. The van der Waals surface area contributed by atoms with Crippen molar-refractivity contribution in [1.29, 1.82) is 0 Å². The van der Waals surface area contributed by atoms with Crippen LogP contribution in [-0.4, -0.2) is 22.2 Å². The Hall–Kier alpha value is -4.29. The van der Waals surface area contributed by atoms with Crippen molar-refractivity contribution >= 4 is 28.1 Å². The maximum absolute atomic E-state index is 12.5. The Morgan fingerprint density at radius 3 is 2.30 bits per heavy atom. The Bertz CT molecular complexity index is 1290. The first-order valence-corrected chi connectivity index (χ1v) is 10.5. The predicted molar refractivity (Wildman–Crippen MR) is 130 cm³/mol. The third kappa shape index (κ3) is 5.14. The van der Waals surface area contributed by atoms with E-state index in [1.54, 1.807) is 48.5 Å². The van der Waals surface area contributed by atoms with Crippen molar-refractivity contribution < 1.29 is 19.7 Å². The van der Waals surface area contributed by atoms with Crippen LogP contribution < -0.4 is 15.8 Å². The molecule has 5 N–H and O–H groups in total. The molecule has 0 aliphatic rings. The molecule has 2 atom stereocenters. The Morgan fingerprint density at radius 2 is 1.55 bits per heavy atom. The second kappa shape index (κ2) is 9.89. The van der Waals surface area contributed by atoms with Gasteiger partial charge in [0.25, 0.3) is 0 Å². The average molecular weight is 440 g/mol. The molecule has 0 spiro atoms. The molecule has 0 fully saturated rings. The molecule has 166 valence electrons. The van der Waals surface area contributed by atoms with E-state index in [9.17, 15) is 15.0 Å². The number of fused-ring (bicyclic) bond motifs is 1. The van der Waals surface area contributed by atoms with Crippen LogP contribution in [0.3, 0.4) is 0 Å². The number of amides is 1. The van der Waals surface area contributed by atoms with E-state index in [4.69, 9.17) is 10.5 Å². The summed E-state index contributed by atoms with van der Waals surface area (Å²) in [5.41, 5.74) is 7.41. The van der Waals surface area contributed by atoms with E-state index >= 15 is 0 Å². The van der Waals surface area contributed by atoms with Gasteiger partial charge in [-0.3, -0.25) is 4.79 Å². The lowest BCUT2D eigenvalue weighted by atomic mass is 9.96. The van der Waals surface area contributed by atoms with E-state index in [1.807, 2.05) is 36.4 Å². The molecule has 0 aliphatic carbocycles. The summed E-state index contributed by atoms with van der Waals surface area (Å²) in [4.78, 5) is 12.5. The van der Waals surface area contributed by atoms with Gasteiger partial charge in [-0.15, -0.1) is 0 Å². The summed E-state index contributed by atoms with van der Waals surface area (Å²) in [5, 5.41) is 25.5. The molecule has 33 heavy (non-hydrogen) atoms. The van der Waals surface area contributed by atoms with Crippen LogP contribution in [0.1, 0.15) is 11.7 Å². The summed E-state index contributed by atoms with van der Waals surface area (Å²) in [6.07, 6.45) is 0.834. The molecule has 0 unspecified atom stereocenters. The first-order valence-electron chi connectivity index (χ1n) is 10.5. The van der Waals surface area contributed by atoms with Crippen molar-refractivity contribution in [3.63, 3.8) is 0 Å². The number of benzene rings is 4. The first kappa shape index (κ1) is 21.9. The van der Waals surface area contributed by atoms with E-state index in [1.165, 1.54) is 18.2 Å². The van der Waals surface area contributed by atoms with Gasteiger partial charge < -0.3 is 26.0 Å². The maximum atomic E-state index is 12.5. The molecule has 0 aromatic heterocycles. The Labute approximate surface area is 191 Å². The van der Waals surface area contributed by atoms with Crippen LogP contribution in [0.5, 0.6) is 11.5 Å².